The Morgan fingerprint density at radius 3 is 3.00 bits per heavy atom. The number of aromatic amines is 2. The molecule has 7 rings (SSSR count). The molecule has 0 saturated heterocycles. The number of aromatic nitrogens is 4. The summed E-state index contributed by atoms with van der Waals surface area (Å²) in [4.78, 5) is 7.89. The molecule has 3 aliphatic rings. The Balaban J connectivity index is 1.44. The van der Waals surface area contributed by atoms with Gasteiger partial charge in [0.15, 0.2) is 0 Å². The van der Waals surface area contributed by atoms with E-state index in [4.69, 9.17) is 0 Å². The van der Waals surface area contributed by atoms with Crippen molar-refractivity contribution in [3.05, 3.63) is 54.0 Å². The number of nitrogens with zero attached hydrogens (tertiary/aromatic N) is 2. The molecule has 3 aromatic heterocycles. The summed E-state index contributed by atoms with van der Waals surface area (Å²) in [6.45, 7) is 0. The molecular formula is C22H21N5. The smallest absolute Gasteiger partial charge is 0.137 e. The van der Waals surface area contributed by atoms with Crippen LogP contribution in [0.1, 0.15) is 42.3 Å². The van der Waals surface area contributed by atoms with Gasteiger partial charge in [0.1, 0.15) is 5.65 Å². The lowest BCUT2D eigenvalue weighted by Crippen LogP contribution is -2.35. The van der Waals surface area contributed by atoms with Gasteiger partial charge in [-0.25, -0.2) is 4.98 Å². The van der Waals surface area contributed by atoms with Crippen LogP contribution in [0.25, 0.3) is 21.9 Å². The molecule has 4 aromatic rings. The van der Waals surface area contributed by atoms with Crippen molar-refractivity contribution >= 4 is 27.6 Å². The molecule has 3 N–H and O–H groups in total. The number of fused-ring (bicyclic) bond motifs is 10. The Morgan fingerprint density at radius 2 is 2.00 bits per heavy atom. The number of anilines is 1. The van der Waals surface area contributed by atoms with Gasteiger partial charge in [-0.2, -0.15) is 5.10 Å². The van der Waals surface area contributed by atoms with E-state index in [1.165, 1.54) is 46.8 Å². The molecule has 0 spiro atoms. The van der Waals surface area contributed by atoms with Crippen molar-refractivity contribution in [2.75, 3.05) is 5.32 Å². The summed E-state index contributed by atoms with van der Waals surface area (Å²) in [6, 6.07) is 9.19. The summed E-state index contributed by atoms with van der Waals surface area (Å²) in [5, 5.41) is 13.9. The van der Waals surface area contributed by atoms with E-state index in [1.807, 2.05) is 12.4 Å². The predicted octanol–water partition coefficient (Wildman–Crippen LogP) is 4.74. The van der Waals surface area contributed by atoms with Crippen molar-refractivity contribution in [1.29, 1.82) is 0 Å². The topological polar surface area (TPSA) is 69.4 Å². The van der Waals surface area contributed by atoms with Gasteiger partial charge in [0.25, 0.3) is 0 Å². The first-order valence-electron chi connectivity index (χ1n) is 10.0. The molecule has 0 amide bonds. The maximum Gasteiger partial charge on any atom is 0.137 e. The summed E-state index contributed by atoms with van der Waals surface area (Å²) in [5.41, 5.74) is 6.25. The van der Waals surface area contributed by atoms with E-state index < -0.39 is 0 Å². The van der Waals surface area contributed by atoms with Crippen LogP contribution in [-0.2, 0) is 0 Å². The van der Waals surface area contributed by atoms with Crippen LogP contribution >= 0.6 is 0 Å². The third-order valence-corrected chi connectivity index (χ3v) is 7.46. The molecule has 2 bridgehead atoms. The minimum atomic E-state index is 0.342. The quantitative estimate of drug-likeness (QED) is 0.462. The molecule has 2 aliphatic carbocycles. The van der Waals surface area contributed by atoms with Gasteiger partial charge < -0.3 is 10.3 Å². The van der Waals surface area contributed by atoms with Crippen molar-refractivity contribution < 1.29 is 0 Å². The molecule has 4 heterocycles. The van der Waals surface area contributed by atoms with Crippen LogP contribution in [-0.4, -0.2) is 20.2 Å². The van der Waals surface area contributed by atoms with E-state index in [0.717, 1.165) is 23.0 Å². The summed E-state index contributed by atoms with van der Waals surface area (Å²) >= 11 is 0. The first-order chi connectivity index (χ1) is 13.4. The standard InChI is InChI=1S/C22H21N5/c1-2-12-7-11(1)18-19(12)21(14-8-13-5-6-23-22(13)24-9-14)26-17-4-3-16-15(20(17)18)10-25-27-16/h3-6,8-12,18-19,21,26H,1-2,7H2,(H,23,24)(H,25,27). The fourth-order valence-electron chi connectivity index (χ4n) is 6.46. The zero-order chi connectivity index (χ0) is 17.5. The molecular weight excluding hydrogens is 334 g/mol. The van der Waals surface area contributed by atoms with Crippen LogP contribution in [0.15, 0.2) is 42.9 Å². The largest absolute Gasteiger partial charge is 0.378 e. The average molecular weight is 355 g/mol. The SMILES string of the molecule is c1cc2cc(C3Nc4ccc5[nH]ncc5c4C4C5CCC(C5)C34)cnc2[nH]1. The molecule has 27 heavy (non-hydrogen) atoms. The van der Waals surface area contributed by atoms with Crippen LogP contribution in [0.3, 0.4) is 0 Å². The normalized spacial score (nSPS) is 31.2. The molecule has 134 valence electrons. The second-order valence-electron chi connectivity index (χ2n) is 8.60. The Hall–Kier alpha value is -2.82. The molecule has 5 atom stereocenters. The summed E-state index contributed by atoms with van der Waals surface area (Å²) < 4.78 is 0. The molecule has 5 nitrogen and oxygen atoms in total. The second-order valence-corrected chi connectivity index (χ2v) is 8.60. The number of hydrogen-bond donors (Lipinski definition) is 3. The maximum absolute atomic E-state index is 4.68. The summed E-state index contributed by atoms with van der Waals surface area (Å²) in [6.07, 6.45) is 10.2. The van der Waals surface area contributed by atoms with E-state index >= 15 is 0 Å². The number of rotatable bonds is 1. The van der Waals surface area contributed by atoms with Crippen molar-refractivity contribution in [1.82, 2.24) is 20.2 Å². The van der Waals surface area contributed by atoms with Crippen LogP contribution < -0.4 is 5.32 Å². The molecule has 5 heteroatoms. The number of H-pyrrole nitrogens is 2. The molecule has 1 aliphatic heterocycles. The summed E-state index contributed by atoms with van der Waals surface area (Å²) in [7, 11) is 0. The number of pyridine rings is 1. The highest BCUT2D eigenvalue weighted by Gasteiger charge is 2.54. The third kappa shape index (κ3) is 1.79. The van der Waals surface area contributed by atoms with Crippen LogP contribution in [0.4, 0.5) is 5.69 Å². The number of benzene rings is 1. The minimum Gasteiger partial charge on any atom is -0.378 e. The van der Waals surface area contributed by atoms with Crippen LogP contribution in [0.2, 0.25) is 0 Å². The van der Waals surface area contributed by atoms with Crippen molar-refractivity contribution in [2.24, 2.45) is 17.8 Å². The lowest BCUT2D eigenvalue weighted by atomic mass is 9.67. The van der Waals surface area contributed by atoms with Gasteiger partial charge in [-0.1, -0.05) is 0 Å². The van der Waals surface area contributed by atoms with E-state index in [1.54, 1.807) is 0 Å². The lowest BCUT2D eigenvalue weighted by Gasteiger charge is -2.43. The van der Waals surface area contributed by atoms with Crippen molar-refractivity contribution in [3.63, 3.8) is 0 Å². The highest BCUT2D eigenvalue weighted by Crippen LogP contribution is 2.64. The van der Waals surface area contributed by atoms with Gasteiger partial charge in [-0.15, -0.1) is 0 Å². The van der Waals surface area contributed by atoms with E-state index in [2.05, 4.69) is 55.9 Å². The number of nitrogens with one attached hydrogen (secondary N) is 3. The van der Waals surface area contributed by atoms with E-state index in [0.29, 0.717) is 17.9 Å². The first kappa shape index (κ1) is 14.3. The van der Waals surface area contributed by atoms with Crippen LogP contribution in [0, 0.1) is 17.8 Å². The Bertz CT molecular complexity index is 1190. The van der Waals surface area contributed by atoms with Gasteiger partial charge in [0.05, 0.1) is 17.8 Å². The Kier molecular flexibility index (Phi) is 2.60. The lowest BCUT2D eigenvalue weighted by molar-refractivity contribution is 0.249. The summed E-state index contributed by atoms with van der Waals surface area (Å²) in [5.74, 6) is 2.91. The monoisotopic (exact) mass is 355 g/mol. The van der Waals surface area contributed by atoms with Gasteiger partial charge in [-0.3, -0.25) is 5.10 Å². The van der Waals surface area contributed by atoms with Gasteiger partial charge in [-0.05, 0) is 78.3 Å². The minimum absolute atomic E-state index is 0.342. The molecule has 2 saturated carbocycles. The highest BCUT2D eigenvalue weighted by atomic mass is 15.1. The van der Waals surface area contributed by atoms with Crippen LogP contribution in [0.5, 0.6) is 0 Å². The van der Waals surface area contributed by atoms with Gasteiger partial charge >= 0.3 is 0 Å². The third-order valence-electron chi connectivity index (χ3n) is 7.46. The molecule has 1 aromatic carbocycles. The maximum atomic E-state index is 4.68. The van der Waals surface area contributed by atoms with E-state index in [-0.39, 0.29) is 0 Å². The van der Waals surface area contributed by atoms with Gasteiger partial charge in [0, 0.05) is 28.9 Å². The second kappa shape index (κ2) is 4.91. The zero-order valence-corrected chi connectivity index (χ0v) is 14.9. The van der Waals surface area contributed by atoms with Gasteiger partial charge in [0.2, 0.25) is 0 Å². The highest BCUT2D eigenvalue weighted by molar-refractivity contribution is 5.89. The fourth-order valence-corrected chi connectivity index (χ4v) is 6.46. The Labute approximate surface area is 156 Å². The average Bonchev–Trinajstić information content (AvgIpc) is 3.49. The Morgan fingerprint density at radius 1 is 1.04 bits per heavy atom. The fraction of sp³-hybridized carbons (Fsp3) is 0.364. The van der Waals surface area contributed by atoms with Crippen molar-refractivity contribution in [2.45, 2.75) is 31.2 Å². The molecule has 2 fully saturated rings. The predicted molar refractivity (Wildman–Crippen MR) is 106 cm³/mol. The number of hydrogen-bond acceptors (Lipinski definition) is 3. The molecule has 0 radical (unpaired) electrons. The van der Waals surface area contributed by atoms with Crippen molar-refractivity contribution in [3.8, 4) is 0 Å². The first-order valence-corrected chi connectivity index (χ1v) is 10.0. The van der Waals surface area contributed by atoms with E-state index in [9.17, 15) is 0 Å². The molecule has 5 unspecified atom stereocenters. The zero-order valence-electron chi connectivity index (χ0n) is 14.9.